The van der Waals surface area contributed by atoms with E-state index in [0.717, 1.165) is 38.5 Å². The molecular formula is C48H82N2O15. The molecule has 4 heterocycles. The first-order valence-corrected chi connectivity index (χ1v) is 23.9. The van der Waals surface area contributed by atoms with E-state index >= 15 is 0 Å². The Balaban J connectivity index is 1.08. The lowest BCUT2D eigenvalue weighted by Gasteiger charge is -2.59. The number of rotatable bonds is 16. The van der Waals surface area contributed by atoms with Crippen LogP contribution in [0.25, 0.3) is 0 Å². The van der Waals surface area contributed by atoms with Gasteiger partial charge in [-0.25, -0.2) is 0 Å². The Morgan fingerprint density at radius 3 is 1.65 bits per heavy atom. The third kappa shape index (κ3) is 10.8. The lowest BCUT2D eigenvalue weighted by Crippen LogP contribution is -2.66. The fourth-order valence-electron chi connectivity index (χ4n) is 12.7. The Bertz CT molecular complexity index is 1660. The van der Waals surface area contributed by atoms with Crippen molar-refractivity contribution in [1.82, 2.24) is 10.6 Å². The lowest BCUT2D eigenvalue weighted by atomic mass is 9.51. The first-order valence-electron chi connectivity index (χ1n) is 23.9. The highest BCUT2D eigenvalue weighted by Crippen LogP contribution is 2.66. The van der Waals surface area contributed by atoms with Crippen molar-refractivity contribution in [3.05, 3.63) is 12.2 Å². The average molecular weight is 927 g/mol. The largest absolute Gasteiger partial charge is 0.388 e. The molecule has 0 spiro atoms. The fourth-order valence-corrected chi connectivity index (χ4v) is 12.7. The van der Waals surface area contributed by atoms with Gasteiger partial charge in [-0.05, 0) is 121 Å². The molecule has 374 valence electrons. The van der Waals surface area contributed by atoms with E-state index in [1.165, 1.54) is 33.6 Å². The number of aliphatic hydroxyl groups excluding tert-OH is 4. The molecule has 6 fully saturated rings. The zero-order valence-corrected chi connectivity index (χ0v) is 40.7. The van der Waals surface area contributed by atoms with Gasteiger partial charge in [-0.3, -0.25) is 9.59 Å². The predicted molar refractivity (Wildman–Crippen MR) is 237 cm³/mol. The van der Waals surface area contributed by atoms with Gasteiger partial charge in [-0.2, -0.15) is 0 Å². The number of methoxy groups -OCH3 is 2. The van der Waals surface area contributed by atoms with Crippen LogP contribution in [-0.4, -0.2) is 167 Å². The number of aliphatic hydroxyl groups is 5. The first-order chi connectivity index (χ1) is 30.3. The molecule has 2 aliphatic carbocycles. The van der Waals surface area contributed by atoms with Crippen LogP contribution in [0.3, 0.4) is 0 Å². The number of carbonyl (C=O) groups is 2. The molecule has 2 saturated carbocycles. The number of hydrogen-bond donors (Lipinski definition) is 7. The summed E-state index contributed by atoms with van der Waals surface area (Å²) in [5.41, 5.74) is -1.82. The zero-order chi connectivity index (χ0) is 48.0. The molecule has 4 saturated heterocycles. The number of allylic oxidation sites excluding steroid dienone is 1. The van der Waals surface area contributed by atoms with Crippen LogP contribution in [0.5, 0.6) is 0 Å². The summed E-state index contributed by atoms with van der Waals surface area (Å²) in [6.45, 7) is 21.7. The van der Waals surface area contributed by atoms with Gasteiger partial charge in [0.25, 0.3) is 0 Å². The standard InChI is InChI=1S/C48H82N2O15/c1-25(13-16-35-48(10,57)22-19-33(63-35)45(6,7)65-43-37(50-27(3)52)41(56)39(54)30(61-43)24-59-12)28-14-15-31-46(28,8)20-18-34-47(31,9)21-17-32(62-34)44(4,5)64-42-36(49-26(2)51)40(55)38(53)29(60-42)23-58-11/h28-43,53-57H,1,13-24H2,2-12H3,(H,49,51)(H,50,52)/t28?,29-,30-,31?,32?,33?,34?,35?,36-,37-,38-,39-,40-,41-,42+,43+,46?,47?,48?/m1/s1. The topological polar surface area (TPSA) is 233 Å². The Morgan fingerprint density at radius 1 is 0.677 bits per heavy atom. The molecule has 0 aromatic carbocycles. The normalized spacial score (nSPS) is 44.7. The van der Waals surface area contributed by atoms with E-state index < -0.39 is 96.2 Å². The van der Waals surface area contributed by atoms with E-state index in [1.807, 2.05) is 34.6 Å². The fraction of sp³-hybridized carbons (Fsp3) is 0.917. The maximum Gasteiger partial charge on any atom is 0.217 e. The van der Waals surface area contributed by atoms with E-state index in [-0.39, 0.29) is 42.2 Å². The van der Waals surface area contributed by atoms with Gasteiger partial charge in [-0.1, -0.05) is 26.0 Å². The van der Waals surface area contributed by atoms with Crippen LogP contribution < -0.4 is 10.6 Å². The second-order valence-corrected chi connectivity index (χ2v) is 21.9. The summed E-state index contributed by atoms with van der Waals surface area (Å²) in [6.07, 6.45) is -2.54. The van der Waals surface area contributed by atoms with Crippen molar-refractivity contribution in [2.75, 3.05) is 27.4 Å². The molecule has 17 nitrogen and oxygen atoms in total. The molecule has 0 bridgehead atoms. The van der Waals surface area contributed by atoms with Crippen molar-refractivity contribution in [1.29, 1.82) is 0 Å². The third-order valence-corrected chi connectivity index (χ3v) is 16.4. The summed E-state index contributed by atoms with van der Waals surface area (Å²) < 4.78 is 49.6. The van der Waals surface area contributed by atoms with Crippen LogP contribution in [-0.2, 0) is 47.5 Å². The molecule has 0 radical (unpaired) electrons. The minimum absolute atomic E-state index is 0.00116. The van der Waals surface area contributed by atoms with Crippen molar-refractivity contribution < 1.29 is 73.0 Å². The molecule has 19 atom stereocenters. The quantitative estimate of drug-likeness (QED) is 0.110. The van der Waals surface area contributed by atoms with Crippen LogP contribution in [0.4, 0.5) is 0 Å². The van der Waals surface area contributed by atoms with Gasteiger partial charge in [0, 0.05) is 28.1 Å². The van der Waals surface area contributed by atoms with Crippen LogP contribution in [0.15, 0.2) is 12.2 Å². The second-order valence-electron chi connectivity index (χ2n) is 21.9. The predicted octanol–water partition coefficient (Wildman–Crippen LogP) is 2.79. The molecule has 4 aliphatic heterocycles. The summed E-state index contributed by atoms with van der Waals surface area (Å²) in [5.74, 6) is -0.0930. The van der Waals surface area contributed by atoms with E-state index in [4.69, 9.17) is 44.5 Å². The third-order valence-electron chi connectivity index (χ3n) is 16.4. The highest BCUT2D eigenvalue weighted by Gasteiger charge is 2.62. The summed E-state index contributed by atoms with van der Waals surface area (Å²) in [7, 11) is 2.96. The number of fused-ring (bicyclic) bond motifs is 3. The van der Waals surface area contributed by atoms with Crippen molar-refractivity contribution in [2.24, 2.45) is 22.7 Å². The van der Waals surface area contributed by atoms with E-state index in [0.29, 0.717) is 37.5 Å². The van der Waals surface area contributed by atoms with Gasteiger partial charge in [0.05, 0.1) is 54.4 Å². The van der Waals surface area contributed by atoms with Gasteiger partial charge in [0.15, 0.2) is 12.6 Å². The number of hydrogen-bond acceptors (Lipinski definition) is 15. The molecule has 2 amide bonds. The molecule has 17 heteroatoms. The van der Waals surface area contributed by atoms with Gasteiger partial charge in [0.1, 0.15) is 48.7 Å². The summed E-state index contributed by atoms with van der Waals surface area (Å²) in [6, 6.07) is -2.03. The molecule has 7 N–H and O–H groups in total. The smallest absolute Gasteiger partial charge is 0.217 e. The number of amides is 2. The molecule has 9 unspecified atom stereocenters. The van der Waals surface area contributed by atoms with Gasteiger partial charge < -0.3 is 74.1 Å². The van der Waals surface area contributed by atoms with Crippen LogP contribution >= 0.6 is 0 Å². The van der Waals surface area contributed by atoms with Gasteiger partial charge in [-0.15, -0.1) is 0 Å². The minimum Gasteiger partial charge on any atom is -0.388 e. The molecule has 65 heavy (non-hydrogen) atoms. The second kappa shape index (κ2) is 20.2. The van der Waals surface area contributed by atoms with Crippen LogP contribution in [0.2, 0.25) is 0 Å². The molecular weight excluding hydrogens is 845 g/mol. The van der Waals surface area contributed by atoms with Gasteiger partial charge in [0.2, 0.25) is 11.8 Å². The molecule has 0 aromatic rings. The monoisotopic (exact) mass is 927 g/mol. The SMILES string of the molecule is C=C(CCC1OC(C(C)(C)O[C@@H]2O[C@H](COC)[C@@H](O)[C@H](O)[C@H]2NC(C)=O)CCC1(C)O)C1CCC2C3(C)CCC(C(C)(C)O[C@@H]4O[C@H](COC)[C@@H](O)[C@H](O)[C@H]4NC(C)=O)OC3CCC12C. The Hall–Kier alpha value is -1.84. The van der Waals surface area contributed by atoms with Crippen molar-refractivity contribution in [3.8, 4) is 0 Å². The Labute approximate surface area is 385 Å². The number of nitrogens with one attached hydrogen (secondary N) is 2. The Morgan fingerprint density at radius 2 is 1.15 bits per heavy atom. The maximum absolute atomic E-state index is 12.1. The average Bonchev–Trinajstić information content (AvgIpc) is 3.59. The van der Waals surface area contributed by atoms with E-state index in [2.05, 4.69) is 24.5 Å². The van der Waals surface area contributed by atoms with Crippen LogP contribution in [0, 0.1) is 22.7 Å². The summed E-state index contributed by atoms with van der Waals surface area (Å²) in [5, 5.41) is 60.6. The zero-order valence-electron chi connectivity index (χ0n) is 40.7. The maximum atomic E-state index is 12.1. The highest BCUT2D eigenvalue weighted by molar-refractivity contribution is 5.73. The molecule has 6 aliphatic rings. The summed E-state index contributed by atoms with van der Waals surface area (Å²) in [4.78, 5) is 24.3. The van der Waals surface area contributed by atoms with Crippen molar-refractivity contribution in [2.45, 2.75) is 229 Å². The van der Waals surface area contributed by atoms with Crippen LogP contribution in [0.1, 0.15) is 127 Å². The Kier molecular flexibility index (Phi) is 16.4. The van der Waals surface area contributed by atoms with E-state index in [9.17, 15) is 35.1 Å². The lowest BCUT2D eigenvalue weighted by molar-refractivity contribution is -0.320. The minimum atomic E-state index is -1.36. The highest BCUT2D eigenvalue weighted by atomic mass is 16.7. The van der Waals surface area contributed by atoms with Gasteiger partial charge >= 0.3 is 0 Å². The van der Waals surface area contributed by atoms with Crippen molar-refractivity contribution in [3.63, 3.8) is 0 Å². The molecule has 6 rings (SSSR count). The van der Waals surface area contributed by atoms with Crippen molar-refractivity contribution >= 4 is 11.8 Å². The number of ether oxygens (including phenoxy) is 8. The molecule has 0 aromatic heterocycles. The first kappa shape index (κ1) is 52.5. The summed E-state index contributed by atoms with van der Waals surface area (Å²) >= 11 is 0. The van der Waals surface area contributed by atoms with E-state index in [1.54, 1.807) is 0 Å². The number of carbonyl (C=O) groups excluding carboxylic acids is 2.